The Morgan fingerprint density at radius 2 is 1.82 bits per heavy atom. The van der Waals surface area contributed by atoms with Crippen LogP contribution < -0.4 is 0 Å². The van der Waals surface area contributed by atoms with Gasteiger partial charge in [0.15, 0.2) is 11.9 Å². The fourth-order valence-electron chi connectivity index (χ4n) is 7.07. The minimum atomic E-state index is -0.706. The Morgan fingerprint density at radius 3 is 2.58 bits per heavy atom. The molecule has 6 fully saturated rings. The van der Waals surface area contributed by atoms with E-state index in [9.17, 15) is 0 Å². The first-order chi connectivity index (χ1) is 15.9. The molecule has 0 aromatic rings. The lowest BCUT2D eigenvalue weighted by Crippen LogP contribution is -2.72. The normalized spacial score (nSPS) is 45.5. The molecule has 1 aliphatic carbocycles. The molecule has 0 radical (unpaired) electrons. The minimum absolute atomic E-state index is 0.0548. The first kappa shape index (κ1) is 24.7. The molecule has 0 aromatic carbocycles. The Kier molecular flexibility index (Phi) is 7.36. The molecule has 5 aliphatic heterocycles. The summed E-state index contributed by atoms with van der Waals surface area (Å²) < 4.78 is 14.4. The van der Waals surface area contributed by atoms with E-state index in [0.29, 0.717) is 23.7 Å². The number of ether oxygens (including phenoxy) is 2. The van der Waals surface area contributed by atoms with E-state index in [-0.39, 0.29) is 12.5 Å². The molecule has 1 spiro atoms. The molecule has 0 aromatic heterocycles. The van der Waals surface area contributed by atoms with E-state index in [1.807, 2.05) is 18.7 Å². The standard InChI is InChI=1S/C25H42N2O4S2/c1-5-6-7-16-33-23(32)27-14-12-26(13-15-27)21-18(3)20-9-8-17(2)19-10-11-24(4)29-22(28-21)25(19,20)31-30-24/h17-22H,5-16H2,1-4H3/t17-,18-,19+,20+,21-,22-,24-,25-/m1/s1. The van der Waals surface area contributed by atoms with Gasteiger partial charge >= 0.3 is 0 Å². The predicted octanol–water partition coefficient (Wildman–Crippen LogP) is 5.02. The van der Waals surface area contributed by atoms with E-state index in [1.165, 1.54) is 25.7 Å². The summed E-state index contributed by atoms with van der Waals surface area (Å²) in [6, 6.07) is 0. The van der Waals surface area contributed by atoms with Crippen LogP contribution in [0.2, 0.25) is 0 Å². The van der Waals surface area contributed by atoms with E-state index in [4.69, 9.17) is 31.5 Å². The average molecular weight is 499 g/mol. The van der Waals surface area contributed by atoms with Gasteiger partial charge in [0.25, 0.3) is 0 Å². The second-order valence-corrected chi connectivity index (χ2v) is 12.9. The van der Waals surface area contributed by atoms with Crippen molar-refractivity contribution in [1.29, 1.82) is 0 Å². The van der Waals surface area contributed by atoms with Crippen LogP contribution in [0.25, 0.3) is 0 Å². The third-order valence-electron chi connectivity index (χ3n) is 9.03. The van der Waals surface area contributed by atoms with Crippen LogP contribution in [0.3, 0.4) is 0 Å². The molecule has 6 aliphatic rings. The summed E-state index contributed by atoms with van der Waals surface area (Å²) in [4.78, 5) is 17.2. The Hall–Kier alpha value is 0.0400. The molecule has 8 atom stereocenters. The largest absolute Gasteiger partial charge is 0.355 e. The molecule has 8 heteroatoms. The molecule has 0 amide bonds. The first-order valence-corrected chi connectivity index (χ1v) is 14.6. The zero-order chi connectivity index (χ0) is 23.2. The smallest absolute Gasteiger partial charge is 0.201 e. The molecule has 2 bridgehead atoms. The second-order valence-electron chi connectivity index (χ2n) is 11.1. The first-order valence-electron chi connectivity index (χ1n) is 13.2. The molecule has 5 saturated heterocycles. The second kappa shape index (κ2) is 9.83. The maximum absolute atomic E-state index is 6.83. The van der Waals surface area contributed by atoms with Crippen molar-refractivity contribution in [3.63, 3.8) is 0 Å². The van der Waals surface area contributed by atoms with E-state index in [2.05, 4.69) is 30.6 Å². The molecule has 1 saturated carbocycles. The number of thioether (sulfide) groups is 1. The van der Waals surface area contributed by atoms with Crippen molar-refractivity contribution in [2.24, 2.45) is 23.7 Å². The lowest BCUT2D eigenvalue weighted by atomic mass is 9.58. The molecule has 0 unspecified atom stereocenters. The highest BCUT2D eigenvalue weighted by Gasteiger charge is 2.69. The summed E-state index contributed by atoms with van der Waals surface area (Å²) in [7, 11) is 0. The van der Waals surface area contributed by atoms with Crippen molar-refractivity contribution < 1.29 is 19.2 Å². The molecular weight excluding hydrogens is 456 g/mol. The number of thiocarbonyl (C=S) groups is 1. The van der Waals surface area contributed by atoms with E-state index in [0.717, 1.165) is 55.5 Å². The number of hydrogen-bond donors (Lipinski definition) is 0. The average Bonchev–Trinajstić information content (AvgIpc) is 3.05. The number of nitrogens with zero attached hydrogens (tertiary/aromatic N) is 2. The van der Waals surface area contributed by atoms with Gasteiger partial charge in [-0.1, -0.05) is 57.6 Å². The van der Waals surface area contributed by atoms with Gasteiger partial charge in [0.2, 0.25) is 5.79 Å². The zero-order valence-electron chi connectivity index (χ0n) is 20.8. The fourth-order valence-corrected chi connectivity index (χ4v) is 8.39. The third kappa shape index (κ3) is 4.40. The van der Waals surface area contributed by atoms with E-state index in [1.54, 1.807) is 0 Å². The van der Waals surface area contributed by atoms with Crippen molar-refractivity contribution in [2.75, 3.05) is 31.9 Å². The number of piperazine rings is 1. The lowest BCUT2D eigenvalue weighted by Gasteiger charge is -2.61. The summed E-state index contributed by atoms with van der Waals surface area (Å²) >= 11 is 7.59. The van der Waals surface area contributed by atoms with Crippen molar-refractivity contribution in [2.45, 2.75) is 96.5 Å². The maximum atomic E-state index is 6.83. The molecular formula is C25H42N2O4S2. The van der Waals surface area contributed by atoms with Gasteiger partial charge in [-0.25, -0.2) is 9.78 Å². The van der Waals surface area contributed by atoms with Crippen LogP contribution in [-0.4, -0.2) is 70.0 Å². The summed E-state index contributed by atoms with van der Waals surface area (Å²) in [5.41, 5.74) is -0.470. The monoisotopic (exact) mass is 498 g/mol. The van der Waals surface area contributed by atoms with Gasteiger partial charge in [-0.3, -0.25) is 4.90 Å². The van der Waals surface area contributed by atoms with Gasteiger partial charge in [0.05, 0.1) is 0 Å². The van der Waals surface area contributed by atoms with Crippen LogP contribution in [0, 0.1) is 23.7 Å². The zero-order valence-corrected chi connectivity index (χ0v) is 22.4. The molecule has 5 heterocycles. The van der Waals surface area contributed by atoms with E-state index < -0.39 is 11.4 Å². The van der Waals surface area contributed by atoms with Crippen LogP contribution in [-0.2, 0) is 19.2 Å². The Labute approximate surface area is 209 Å². The summed E-state index contributed by atoms with van der Waals surface area (Å²) in [6.07, 6.45) is 7.84. The van der Waals surface area contributed by atoms with Crippen molar-refractivity contribution >= 4 is 28.3 Å². The molecule has 33 heavy (non-hydrogen) atoms. The topological polar surface area (TPSA) is 43.4 Å². The van der Waals surface area contributed by atoms with Crippen molar-refractivity contribution in [3.05, 3.63) is 0 Å². The van der Waals surface area contributed by atoms with Crippen LogP contribution >= 0.6 is 24.0 Å². The van der Waals surface area contributed by atoms with Gasteiger partial charge in [0.1, 0.15) is 10.5 Å². The Morgan fingerprint density at radius 1 is 1.03 bits per heavy atom. The van der Waals surface area contributed by atoms with Crippen molar-refractivity contribution in [3.8, 4) is 0 Å². The van der Waals surface area contributed by atoms with Crippen molar-refractivity contribution in [1.82, 2.24) is 9.80 Å². The van der Waals surface area contributed by atoms with Crippen LogP contribution in [0.5, 0.6) is 0 Å². The Bertz CT molecular complexity index is 721. The summed E-state index contributed by atoms with van der Waals surface area (Å²) in [5, 5.41) is 0. The highest BCUT2D eigenvalue weighted by atomic mass is 32.2. The fraction of sp³-hybridized carbons (Fsp3) is 0.960. The number of fused-ring (bicyclic) bond motifs is 2. The van der Waals surface area contributed by atoms with E-state index >= 15 is 0 Å². The minimum Gasteiger partial charge on any atom is -0.355 e. The Balaban J connectivity index is 1.26. The quantitative estimate of drug-likeness (QED) is 0.297. The number of hydrogen-bond acceptors (Lipinski definition) is 7. The highest BCUT2D eigenvalue weighted by Crippen LogP contribution is 2.60. The number of rotatable bonds is 5. The molecule has 188 valence electrons. The lowest BCUT2D eigenvalue weighted by molar-refractivity contribution is -0.574. The molecule has 6 nitrogen and oxygen atoms in total. The van der Waals surface area contributed by atoms with Gasteiger partial charge in [-0.05, 0) is 44.4 Å². The third-order valence-corrected chi connectivity index (χ3v) is 10.6. The predicted molar refractivity (Wildman–Crippen MR) is 135 cm³/mol. The van der Waals surface area contributed by atoms with Crippen LogP contribution in [0.4, 0.5) is 0 Å². The number of unbranched alkanes of at least 4 members (excludes halogenated alkanes) is 2. The summed E-state index contributed by atoms with van der Waals surface area (Å²) in [6.45, 7) is 12.9. The molecule has 0 N–H and O–H groups in total. The van der Waals surface area contributed by atoms with Crippen LogP contribution in [0.1, 0.15) is 72.6 Å². The maximum Gasteiger partial charge on any atom is 0.201 e. The highest BCUT2D eigenvalue weighted by molar-refractivity contribution is 8.22. The molecule has 6 rings (SSSR count). The van der Waals surface area contributed by atoms with Gasteiger partial charge < -0.3 is 14.4 Å². The van der Waals surface area contributed by atoms with Gasteiger partial charge in [-0.2, -0.15) is 0 Å². The SMILES string of the molecule is CCCCCSC(=S)N1CCN([C@@H]2O[C@@H]3O[C@@]4(C)CC[C@H]5[C@H](C)CC[C@@H]([C@H]2C)[C@@]35OO4)CC1. The van der Waals surface area contributed by atoms with Crippen LogP contribution in [0.15, 0.2) is 0 Å². The summed E-state index contributed by atoms with van der Waals surface area (Å²) in [5.74, 6) is 2.21. The van der Waals surface area contributed by atoms with Gasteiger partial charge in [-0.15, -0.1) is 0 Å². The van der Waals surface area contributed by atoms with Gasteiger partial charge in [0, 0.05) is 50.2 Å².